The molecule has 0 fully saturated rings. The van der Waals surface area contributed by atoms with Crippen molar-refractivity contribution in [1.29, 1.82) is 0 Å². The van der Waals surface area contributed by atoms with Gasteiger partial charge in [0.05, 0.1) is 17.7 Å². The van der Waals surface area contributed by atoms with Crippen LogP contribution in [0.2, 0.25) is 0 Å². The fraction of sp³-hybridized carbons (Fsp3) is 0.286. The second-order valence-corrected chi connectivity index (χ2v) is 4.31. The number of rotatable bonds is 4. The van der Waals surface area contributed by atoms with E-state index in [2.05, 4.69) is 5.10 Å². The van der Waals surface area contributed by atoms with Crippen LogP contribution in [0.25, 0.3) is 0 Å². The molecular formula is C14H14F2N2O. The summed E-state index contributed by atoms with van der Waals surface area (Å²) in [4.78, 5) is 12.0. The molecule has 0 spiro atoms. The van der Waals surface area contributed by atoms with E-state index in [-0.39, 0.29) is 12.0 Å². The van der Waals surface area contributed by atoms with Crippen molar-refractivity contribution in [3.63, 3.8) is 0 Å². The highest BCUT2D eigenvalue weighted by molar-refractivity contribution is 5.97. The van der Waals surface area contributed by atoms with Crippen LogP contribution in [-0.4, -0.2) is 15.6 Å². The molecule has 0 saturated carbocycles. The first-order valence-corrected chi connectivity index (χ1v) is 6.02. The minimum absolute atomic E-state index is 0.00384. The van der Waals surface area contributed by atoms with Gasteiger partial charge in [0.2, 0.25) is 0 Å². The Morgan fingerprint density at radius 3 is 2.74 bits per heavy atom. The van der Waals surface area contributed by atoms with Crippen LogP contribution >= 0.6 is 0 Å². The third-order valence-corrected chi connectivity index (χ3v) is 2.98. The highest BCUT2D eigenvalue weighted by Crippen LogP contribution is 2.15. The number of hydrogen-bond acceptors (Lipinski definition) is 2. The maximum Gasteiger partial charge on any atom is 0.171 e. The number of aromatic nitrogens is 2. The number of carbonyl (C=O) groups excluding carboxylic acids is 1. The lowest BCUT2D eigenvalue weighted by Crippen LogP contribution is -2.10. The SMILES string of the molecule is CCc1cc(CC(=O)c2cccc(F)c2F)n(C)n1. The van der Waals surface area contributed by atoms with Crippen LogP contribution in [0.1, 0.15) is 28.7 Å². The number of halogens is 2. The van der Waals surface area contributed by atoms with E-state index in [1.54, 1.807) is 17.8 Å². The Labute approximate surface area is 109 Å². The topological polar surface area (TPSA) is 34.9 Å². The van der Waals surface area contributed by atoms with Crippen molar-refractivity contribution >= 4 is 5.78 Å². The van der Waals surface area contributed by atoms with Gasteiger partial charge in [-0.25, -0.2) is 8.78 Å². The van der Waals surface area contributed by atoms with E-state index < -0.39 is 17.4 Å². The molecule has 0 atom stereocenters. The van der Waals surface area contributed by atoms with Gasteiger partial charge in [-0.15, -0.1) is 0 Å². The van der Waals surface area contributed by atoms with E-state index in [1.807, 2.05) is 6.92 Å². The Morgan fingerprint density at radius 2 is 2.11 bits per heavy atom. The summed E-state index contributed by atoms with van der Waals surface area (Å²) in [5.74, 6) is -2.56. The monoisotopic (exact) mass is 264 g/mol. The molecule has 2 rings (SSSR count). The summed E-state index contributed by atoms with van der Waals surface area (Å²) in [6, 6.07) is 5.41. The molecular weight excluding hydrogens is 250 g/mol. The fourth-order valence-corrected chi connectivity index (χ4v) is 1.89. The van der Waals surface area contributed by atoms with Gasteiger partial charge in [0.25, 0.3) is 0 Å². The van der Waals surface area contributed by atoms with Gasteiger partial charge in [-0.2, -0.15) is 5.10 Å². The standard InChI is InChI=1S/C14H14F2N2O/c1-3-9-7-10(18(2)17-9)8-13(19)11-5-4-6-12(15)14(11)16/h4-7H,3,8H2,1-2H3. The zero-order valence-corrected chi connectivity index (χ0v) is 10.8. The third-order valence-electron chi connectivity index (χ3n) is 2.98. The molecule has 100 valence electrons. The van der Waals surface area contributed by atoms with Crippen LogP contribution in [0.4, 0.5) is 8.78 Å². The molecule has 0 aliphatic heterocycles. The Kier molecular flexibility index (Phi) is 3.74. The van der Waals surface area contributed by atoms with Crippen molar-refractivity contribution in [3.8, 4) is 0 Å². The van der Waals surface area contributed by atoms with Gasteiger partial charge in [0, 0.05) is 12.7 Å². The molecule has 0 aliphatic rings. The lowest BCUT2D eigenvalue weighted by molar-refractivity contribution is 0.0986. The molecule has 0 amide bonds. The number of ketones is 1. The fourth-order valence-electron chi connectivity index (χ4n) is 1.89. The molecule has 0 aliphatic carbocycles. The van der Waals surface area contributed by atoms with E-state index in [9.17, 15) is 13.6 Å². The normalized spacial score (nSPS) is 10.7. The molecule has 0 radical (unpaired) electrons. The van der Waals surface area contributed by atoms with Crippen LogP contribution < -0.4 is 0 Å². The van der Waals surface area contributed by atoms with Crippen LogP contribution in [0.5, 0.6) is 0 Å². The molecule has 1 aromatic carbocycles. The first-order valence-electron chi connectivity index (χ1n) is 6.02. The molecule has 3 nitrogen and oxygen atoms in total. The number of carbonyl (C=O) groups is 1. The number of hydrogen-bond donors (Lipinski definition) is 0. The maximum atomic E-state index is 13.5. The summed E-state index contributed by atoms with van der Waals surface area (Å²) < 4.78 is 28.2. The molecule has 0 unspecified atom stereocenters. The number of Topliss-reactive ketones (excluding diaryl/α,β-unsaturated/α-hetero) is 1. The minimum Gasteiger partial charge on any atom is -0.294 e. The number of nitrogens with zero attached hydrogens (tertiary/aromatic N) is 2. The summed E-state index contributed by atoms with van der Waals surface area (Å²) in [5, 5.41) is 4.21. The molecule has 2 aromatic rings. The van der Waals surface area contributed by atoms with E-state index >= 15 is 0 Å². The lowest BCUT2D eigenvalue weighted by Gasteiger charge is -2.03. The van der Waals surface area contributed by atoms with Gasteiger partial charge in [-0.3, -0.25) is 9.48 Å². The summed E-state index contributed by atoms with van der Waals surface area (Å²) in [5.41, 5.74) is 1.33. The van der Waals surface area contributed by atoms with Gasteiger partial charge >= 0.3 is 0 Å². The van der Waals surface area contributed by atoms with Crippen molar-refractivity contribution in [2.45, 2.75) is 19.8 Å². The molecule has 1 heterocycles. The van der Waals surface area contributed by atoms with Crippen molar-refractivity contribution < 1.29 is 13.6 Å². The summed E-state index contributed by atoms with van der Waals surface area (Å²) >= 11 is 0. The van der Waals surface area contributed by atoms with Crippen LogP contribution in [0.3, 0.4) is 0 Å². The zero-order valence-electron chi connectivity index (χ0n) is 10.8. The highest BCUT2D eigenvalue weighted by Gasteiger charge is 2.17. The Bertz CT molecular complexity index is 620. The number of aryl methyl sites for hydroxylation is 2. The Morgan fingerprint density at radius 1 is 1.37 bits per heavy atom. The van der Waals surface area contributed by atoms with Gasteiger partial charge in [-0.1, -0.05) is 13.0 Å². The van der Waals surface area contributed by atoms with Crippen LogP contribution in [-0.2, 0) is 19.9 Å². The predicted molar refractivity (Wildman–Crippen MR) is 67.0 cm³/mol. The summed E-state index contributed by atoms with van der Waals surface area (Å²) in [6.07, 6.45) is 0.764. The Hall–Kier alpha value is -2.04. The largest absolute Gasteiger partial charge is 0.294 e. The van der Waals surface area contributed by atoms with Crippen LogP contribution in [0, 0.1) is 11.6 Å². The van der Waals surface area contributed by atoms with E-state index in [4.69, 9.17) is 0 Å². The lowest BCUT2D eigenvalue weighted by atomic mass is 10.1. The summed E-state index contributed by atoms with van der Waals surface area (Å²) in [6.45, 7) is 1.96. The Balaban J connectivity index is 2.25. The molecule has 0 bridgehead atoms. The number of benzene rings is 1. The second-order valence-electron chi connectivity index (χ2n) is 4.31. The smallest absolute Gasteiger partial charge is 0.171 e. The molecule has 0 N–H and O–H groups in total. The van der Waals surface area contributed by atoms with Crippen LogP contribution in [0.15, 0.2) is 24.3 Å². The molecule has 19 heavy (non-hydrogen) atoms. The summed E-state index contributed by atoms with van der Waals surface area (Å²) in [7, 11) is 1.73. The second kappa shape index (κ2) is 5.30. The first kappa shape index (κ1) is 13.4. The molecule has 5 heteroatoms. The zero-order chi connectivity index (χ0) is 14.0. The predicted octanol–water partition coefficient (Wildman–Crippen LogP) is 2.69. The van der Waals surface area contributed by atoms with Crippen molar-refractivity contribution in [2.24, 2.45) is 7.05 Å². The van der Waals surface area contributed by atoms with Gasteiger partial charge in [-0.05, 0) is 24.6 Å². The molecule has 0 saturated heterocycles. The van der Waals surface area contributed by atoms with Crippen molar-refractivity contribution in [3.05, 3.63) is 52.9 Å². The van der Waals surface area contributed by atoms with E-state index in [0.717, 1.165) is 18.2 Å². The molecule has 1 aromatic heterocycles. The minimum atomic E-state index is -1.09. The third kappa shape index (κ3) is 2.70. The van der Waals surface area contributed by atoms with Crippen molar-refractivity contribution in [2.75, 3.05) is 0 Å². The van der Waals surface area contributed by atoms with E-state index in [1.165, 1.54) is 12.1 Å². The van der Waals surface area contributed by atoms with Gasteiger partial charge in [0.15, 0.2) is 17.4 Å². The average molecular weight is 264 g/mol. The highest BCUT2D eigenvalue weighted by atomic mass is 19.2. The maximum absolute atomic E-state index is 13.5. The van der Waals surface area contributed by atoms with E-state index in [0.29, 0.717) is 5.69 Å². The van der Waals surface area contributed by atoms with Crippen molar-refractivity contribution in [1.82, 2.24) is 9.78 Å². The van der Waals surface area contributed by atoms with Gasteiger partial charge < -0.3 is 0 Å². The average Bonchev–Trinajstić information content (AvgIpc) is 2.73. The van der Waals surface area contributed by atoms with Gasteiger partial charge in [0.1, 0.15) is 0 Å². The quantitative estimate of drug-likeness (QED) is 0.796. The first-order chi connectivity index (χ1) is 9.02.